The summed E-state index contributed by atoms with van der Waals surface area (Å²) in [6.07, 6.45) is 6.54. The molecule has 1 nitrogen and oxygen atoms in total. The topological polar surface area (TPSA) is 26.0 Å². The number of benzene rings is 1. The Labute approximate surface area is 99.0 Å². The van der Waals surface area contributed by atoms with Crippen molar-refractivity contribution in [2.75, 3.05) is 6.54 Å². The van der Waals surface area contributed by atoms with Gasteiger partial charge in [0, 0.05) is 0 Å². The van der Waals surface area contributed by atoms with Crippen LogP contribution in [-0.2, 0) is 5.41 Å². The molecule has 88 valence electrons. The van der Waals surface area contributed by atoms with Crippen molar-refractivity contribution < 1.29 is 0 Å². The van der Waals surface area contributed by atoms with Gasteiger partial charge in [0.05, 0.1) is 0 Å². The van der Waals surface area contributed by atoms with Crippen molar-refractivity contribution in [3.8, 4) is 0 Å². The Morgan fingerprint density at radius 3 is 2.50 bits per heavy atom. The average Bonchev–Trinajstić information content (AvgIpc) is 2.72. The Kier molecular flexibility index (Phi) is 3.34. The second kappa shape index (κ2) is 4.58. The summed E-state index contributed by atoms with van der Waals surface area (Å²) in [5.74, 6) is 0. The highest BCUT2D eigenvalue weighted by Gasteiger charge is 2.35. The van der Waals surface area contributed by atoms with Crippen LogP contribution in [0.25, 0.3) is 0 Å². The molecule has 2 N–H and O–H groups in total. The lowest BCUT2D eigenvalue weighted by Crippen LogP contribution is -2.26. The van der Waals surface area contributed by atoms with E-state index >= 15 is 0 Å². The number of rotatable bonds is 3. The molecule has 1 aromatic rings. The SMILES string of the molecule is Cc1ccc(C)c(C2(CCN)CCCC2)c1. The highest BCUT2D eigenvalue weighted by Crippen LogP contribution is 2.44. The Morgan fingerprint density at radius 2 is 1.88 bits per heavy atom. The van der Waals surface area contributed by atoms with Crippen molar-refractivity contribution in [1.29, 1.82) is 0 Å². The maximum atomic E-state index is 5.82. The van der Waals surface area contributed by atoms with E-state index in [4.69, 9.17) is 5.73 Å². The maximum absolute atomic E-state index is 5.82. The van der Waals surface area contributed by atoms with Gasteiger partial charge in [0.2, 0.25) is 0 Å². The van der Waals surface area contributed by atoms with E-state index in [1.165, 1.54) is 36.8 Å². The van der Waals surface area contributed by atoms with Crippen LogP contribution in [0.3, 0.4) is 0 Å². The highest BCUT2D eigenvalue weighted by molar-refractivity contribution is 5.37. The molecule has 0 amide bonds. The van der Waals surface area contributed by atoms with Gasteiger partial charge in [0.15, 0.2) is 0 Å². The van der Waals surface area contributed by atoms with Gasteiger partial charge in [-0.1, -0.05) is 36.6 Å². The minimum atomic E-state index is 0.394. The molecule has 0 unspecified atom stereocenters. The summed E-state index contributed by atoms with van der Waals surface area (Å²) >= 11 is 0. The first-order valence-corrected chi connectivity index (χ1v) is 6.46. The predicted molar refractivity (Wildman–Crippen MR) is 69.7 cm³/mol. The average molecular weight is 217 g/mol. The quantitative estimate of drug-likeness (QED) is 0.824. The van der Waals surface area contributed by atoms with E-state index in [-0.39, 0.29) is 0 Å². The summed E-state index contributed by atoms with van der Waals surface area (Å²) in [5.41, 5.74) is 10.6. The highest BCUT2D eigenvalue weighted by atomic mass is 14.6. The molecule has 1 heteroatoms. The van der Waals surface area contributed by atoms with Gasteiger partial charge in [-0.15, -0.1) is 0 Å². The fraction of sp³-hybridized carbons (Fsp3) is 0.600. The smallest absolute Gasteiger partial charge is 0.00323 e. The normalized spacial score (nSPS) is 18.9. The summed E-state index contributed by atoms with van der Waals surface area (Å²) in [6.45, 7) is 5.24. The second-order valence-corrected chi connectivity index (χ2v) is 5.34. The molecule has 2 rings (SSSR count). The molecule has 0 spiro atoms. The van der Waals surface area contributed by atoms with Crippen molar-refractivity contribution >= 4 is 0 Å². The van der Waals surface area contributed by atoms with Crippen LogP contribution < -0.4 is 5.73 Å². The van der Waals surface area contributed by atoms with Gasteiger partial charge >= 0.3 is 0 Å². The molecule has 0 aliphatic heterocycles. The molecule has 1 aliphatic rings. The van der Waals surface area contributed by atoms with Crippen molar-refractivity contribution in [3.05, 3.63) is 34.9 Å². The molecule has 0 radical (unpaired) electrons. The van der Waals surface area contributed by atoms with Crippen molar-refractivity contribution in [3.63, 3.8) is 0 Å². The third-order valence-corrected chi connectivity index (χ3v) is 4.15. The molecular formula is C15H23N. The lowest BCUT2D eigenvalue weighted by Gasteiger charge is -2.31. The van der Waals surface area contributed by atoms with E-state index < -0.39 is 0 Å². The summed E-state index contributed by atoms with van der Waals surface area (Å²) in [7, 11) is 0. The minimum Gasteiger partial charge on any atom is -0.330 e. The van der Waals surface area contributed by atoms with Gasteiger partial charge < -0.3 is 5.73 Å². The lowest BCUT2D eigenvalue weighted by atomic mass is 9.74. The first-order valence-electron chi connectivity index (χ1n) is 6.46. The van der Waals surface area contributed by atoms with Crippen LogP contribution >= 0.6 is 0 Å². The molecule has 0 saturated heterocycles. The summed E-state index contributed by atoms with van der Waals surface area (Å²) in [4.78, 5) is 0. The van der Waals surface area contributed by atoms with E-state index in [2.05, 4.69) is 32.0 Å². The van der Waals surface area contributed by atoms with Gasteiger partial charge in [0.25, 0.3) is 0 Å². The van der Waals surface area contributed by atoms with Crippen LogP contribution in [0, 0.1) is 13.8 Å². The molecule has 16 heavy (non-hydrogen) atoms. The maximum Gasteiger partial charge on any atom is -0.00323 e. The standard InChI is InChI=1S/C15H23N/c1-12-5-6-13(2)14(11-12)15(9-10-16)7-3-4-8-15/h5-6,11H,3-4,7-10,16H2,1-2H3. The Morgan fingerprint density at radius 1 is 1.19 bits per heavy atom. The van der Waals surface area contributed by atoms with E-state index in [1.54, 1.807) is 5.56 Å². The second-order valence-electron chi connectivity index (χ2n) is 5.34. The van der Waals surface area contributed by atoms with Crippen LogP contribution in [0.15, 0.2) is 18.2 Å². The minimum absolute atomic E-state index is 0.394. The summed E-state index contributed by atoms with van der Waals surface area (Å²) in [6, 6.07) is 6.86. The number of aryl methyl sites for hydroxylation is 2. The summed E-state index contributed by atoms with van der Waals surface area (Å²) < 4.78 is 0. The third kappa shape index (κ3) is 2.01. The fourth-order valence-electron chi connectivity index (χ4n) is 3.29. The van der Waals surface area contributed by atoms with Gasteiger partial charge in [-0.05, 0) is 56.2 Å². The zero-order chi connectivity index (χ0) is 11.6. The zero-order valence-corrected chi connectivity index (χ0v) is 10.6. The Hall–Kier alpha value is -0.820. The molecule has 0 heterocycles. The van der Waals surface area contributed by atoms with Gasteiger partial charge in [-0.2, -0.15) is 0 Å². The van der Waals surface area contributed by atoms with Crippen molar-refractivity contribution in [1.82, 2.24) is 0 Å². The lowest BCUT2D eigenvalue weighted by molar-refractivity contribution is 0.409. The van der Waals surface area contributed by atoms with Gasteiger partial charge in [-0.25, -0.2) is 0 Å². The van der Waals surface area contributed by atoms with Crippen molar-refractivity contribution in [2.45, 2.75) is 51.4 Å². The van der Waals surface area contributed by atoms with Crippen molar-refractivity contribution in [2.24, 2.45) is 5.73 Å². The number of hydrogen-bond donors (Lipinski definition) is 1. The Bertz CT molecular complexity index is 362. The fourth-order valence-corrected chi connectivity index (χ4v) is 3.29. The Balaban J connectivity index is 2.42. The number of hydrogen-bond acceptors (Lipinski definition) is 1. The number of nitrogens with two attached hydrogens (primary N) is 1. The van der Waals surface area contributed by atoms with Crippen LogP contribution in [0.5, 0.6) is 0 Å². The third-order valence-electron chi connectivity index (χ3n) is 4.15. The first-order chi connectivity index (χ1) is 7.68. The first kappa shape index (κ1) is 11.7. The van der Waals surface area contributed by atoms with E-state index in [0.29, 0.717) is 5.41 Å². The molecule has 0 aromatic heterocycles. The molecule has 1 fully saturated rings. The largest absolute Gasteiger partial charge is 0.330 e. The predicted octanol–water partition coefficient (Wildman–Crippen LogP) is 3.46. The molecule has 1 aromatic carbocycles. The zero-order valence-electron chi connectivity index (χ0n) is 10.6. The molecular weight excluding hydrogens is 194 g/mol. The van der Waals surface area contributed by atoms with Crippen LogP contribution in [0.1, 0.15) is 48.8 Å². The molecule has 1 saturated carbocycles. The van der Waals surface area contributed by atoms with Crippen LogP contribution in [-0.4, -0.2) is 6.54 Å². The van der Waals surface area contributed by atoms with Crippen LogP contribution in [0.4, 0.5) is 0 Å². The van der Waals surface area contributed by atoms with Gasteiger partial charge in [-0.3, -0.25) is 0 Å². The summed E-state index contributed by atoms with van der Waals surface area (Å²) in [5, 5.41) is 0. The monoisotopic (exact) mass is 217 g/mol. The van der Waals surface area contributed by atoms with Gasteiger partial charge in [0.1, 0.15) is 0 Å². The van der Waals surface area contributed by atoms with Crippen LogP contribution in [0.2, 0.25) is 0 Å². The van der Waals surface area contributed by atoms with E-state index in [0.717, 1.165) is 13.0 Å². The molecule has 0 atom stereocenters. The van der Waals surface area contributed by atoms with E-state index in [1.807, 2.05) is 0 Å². The molecule has 1 aliphatic carbocycles. The van der Waals surface area contributed by atoms with E-state index in [9.17, 15) is 0 Å². The molecule has 0 bridgehead atoms.